The maximum absolute atomic E-state index is 5.82. The molecular weight excluding hydrogens is 234 g/mol. The molecule has 0 unspecified atom stereocenters. The van der Waals surface area contributed by atoms with Crippen LogP contribution in [0.25, 0.3) is 0 Å². The Morgan fingerprint density at radius 2 is 1.89 bits per heavy atom. The lowest BCUT2D eigenvalue weighted by atomic mass is 10.1. The predicted octanol–water partition coefficient (Wildman–Crippen LogP) is 2.78. The minimum Gasteiger partial charge on any atom is -0.359 e. The molecule has 0 aliphatic rings. The van der Waals surface area contributed by atoms with Crippen LogP contribution in [0.15, 0.2) is 48.7 Å². The molecule has 1 heterocycles. The third kappa shape index (κ3) is 3.80. The van der Waals surface area contributed by atoms with Gasteiger partial charge in [-0.2, -0.15) is 0 Å². The second kappa shape index (κ2) is 6.34. The minimum atomic E-state index is 0.0381. The van der Waals surface area contributed by atoms with Gasteiger partial charge in [-0.05, 0) is 30.5 Å². The second-order valence-corrected chi connectivity index (χ2v) is 4.90. The van der Waals surface area contributed by atoms with E-state index in [9.17, 15) is 0 Å². The van der Waals surface area contributed by atoms with Gasteiger partial charge in [0.2, 0.25) is 0 Å². The Kier molecular flexibility index (Phi) is 4.53. The highest BCUT2D eigenvalue weighted by Crippen LogP contribution is 2.14. The van der Waals surface area contributed by atoms with Gasteiger partial charge >= 0.3 is 0 Å². The highest BCUT2D eigenvalue weighted by molar-refractivity contribution is 5.39. The van der Waals surface area contributed by atoms with E-state index in [-0.39, 0.29) is 6.04 Å². The number of pyridine rings is 1. The fraction of sp³-hybridized carbons (Fsp3) is 0.312. The highest BCUT2D eigenvalue weighted by atomic mass is 15.2. The molecule has 19 heavy (non-hydrogen) atoms. The standard InChI is InChI=1S/C16H21N3/c1-13(17)15-8-9-16(18-12-15)19(2)11-10-14-6-4-3-5-7-14/h3-9,12-13H,10-11,17H2,1-2H3/t13-/m1/s1. The van der Waals surface area contributed by atoms with E-state index < -0.39 is 0 Å². The number of nitrogens with two attached hydrogens (primary N) is 1. The van der Waals surface area contributed by atoms with E-state index in [2.05, 4.69) is 41.2 Å². The summed E-state index contributed by atoms with van der Waals surface area (Å²) in [7, 11) is 2.07. The number of hydrogen-bond acceptors (Lipinski definition) is 3. The van der Waals surface area contributed by atoms with Gasteiger partial charge in [0, 0.05) is 25.8 Å². The molecule has 0 radical (unpaired) electrons. The predicted molar refractivity (Wildman–Crippen MR) is 80.3 cm³/mol. The molecule has 0 bridgehead atoms. The lowest BCUT2D eigenvalue weighted by Crippen LogP contribution is -2.21. The summed E-state index contributed by atoms with van der Waals surface area (Å²) in [6.45, 7) is 2.92. The van der Waals surface area contributed by atoms with Crippen LogP contribution >= 0.6 is 0 Å². The molecule has 0 spiro atoms. The Hall–Kier alpha value is -1.87. The molecule has 3 nitrogen and oxygen atoms in total. The Labute approximate surface area is 115 Å². The van der Waals surface area contributed by atoms with Gasteiger partial charge < -0.3 is 10.6 Å². The third-order valence-electron chi connectivity index (χ3n) is 3.27. The van der Waals surface area contributed by atoms with Gasteiger partial charge in [-0.1, -0.05) is 36.4 Å². The van der Waals surface area contributed by atoms with Crippen LogP contribution in [-0.2, 0) is 6.42 Å². The lowest BCUT2D eigenvalue weighted by Gasteiger charge is -2.18. The van der Waals surface area contributed by atoms with Crippen molar-refractivity contribution in [3.63, 3.8) is 0 Å². The van der Waals surface area contributed by atoms with Gasteiger partial charge in [-0.15, -0.1) is 0 Å². The molecule has 1 atom stereocenters. The summed E-state index contributed by atoms with van der Waals surface area (Å²) >= 11 is 0. The van der Waals surface area contributed by atoms with Crippen molar-refractivity contribution < 1.29 is 0 Å². The number of hydrogen-bond donors (Lipinski definition) is 1. The third-order valence-corrected chi connectivity index (χ3v) is 3.27. The number of anilines is 1. The molecule has 0 aliphatic heterocycles. The molecule has 0 aliphatic carbocycles. The summed E-state index contributed by atoms with van der Waals surface area (Å²) in [6, 6.07) is 14.6. The summed E-state index contributed by atoms with van der Waals surface area (Å²) in [6.07, 6.45) is 2.88. The van der Waals surface area contributed by atoms with E-state index >= 15 is 0 Å². The molecule has 3 heteroatoms. The van der Waals surface area contributed by atoms with Crippen LogP contribution in [0, 0.1) is 0 Å². The van der Waals surface area contributed by atoms with Gasteiger partial charge in [0.05, 0.1) is 0 Å². The van der Waals surface area contributed by atoms with E-state index in [1.165, 1.54) is 5.56 Å². The van der Waals surface area contributed by atoms with Crippen molar-refractivity contribution in [1.29, 1.82) is 0 Å². The van der Waals surface area contributed by atoms with Crippen LogP contribution in [0.1, 0.15) is 24.1 Å². The largest absolute Gasteiger partial charge is 0.359 e. The summed E-state index contributed by atoms with van der Waals surface area (Å²) in [5, 5.41) is 0. The zero-order valence-electron chi connectivity index (χ0n) is 11.6. The maximum Gasteiger partial charge on any atom is 0.128 e. The van der Waals surface area contributed by atoms with Gasteiger partial charge in [-0.3, -0.25) is 0 Å². The monoisotopic (exact) mass is 255 g/mol. The summed E-state index contributed by atoms with van der Waals surface area (Å²) in [4.78, 5) is 6.62. The Bertz CT molecular complexity index is 491. The first-order valence-electron chi connectivity index (χ1n) is 6.63. The molecule has 2 N–H and O–H groups in total. The van der Waals surface area contributed by atoms with Crippen LogP contribution < -0.4 is 10.6 Å². The molecule has 0 saturated heterocycles. The summed E-state index contributed by atoms with van der Waals surface area (Å²) in [5.41, 5.74) is 8.24. The normalized spacial score (nSPS) is 12.2. The fourth-order valence-corrected chi connectivity index (χ4v) is 1.95. The summed E-state index contributed by atoms with van der Waals surface area (Å²) in [5.74, 6) is 0.986. The van der Waals surface area contributed by atoms with Crippen molar-refractivity contribution in [2.24, 2.45) is 5.73 Å². The SMILES string of the molecule is C[C@@H](N)c1ccc(N(C)CCc2ccccc2)nc1. The second-order valence-electron chi connectivity index (χ2n) is 4.90. The number of benzene rings is 1. The summed E-state index contributed by atoms with van der Waals surface area (Å²) < 4.78 is 0. The first-order chi connectivity index (χ1) is 9.16. The zero-order valence-corrected chi connectivity index (χ0v) is 11.6. The van der Waals surface area contributed by atoms with E-state index in [0.29, 0.717) is 0 Å². The van der Waals surface area contributed by atoms with Gasteiger partial charge in [0.15, 0.2) is 0 Å². The van der Waals surface area contributed by atoms with Gasteiger partial charge in [0.1, 0.15) is 5.82 Å². The minimum absolute atomic E-state index is 0.0381. The lowest BCUT2D eigenvalue weighted by molar-refractivity contribution is 0.805. The Morgan fingerprint density at radius 1 is 1.16 bits per heavy atom. The quantitative estimate of drug-likeness (QED) is 0.893. The Balaban J connectivity index is 1.94. The average Bonchev–Trinajstić information content (AvgIpc) is 2.46. The average molecular weight is 255 g/mol. The number of likely N-dealkylation sites (N-methyl/N-ethyl adjacent to an activating group) is 1. The van der Waals surface area contributed by atoms with Crippen LogP contribution in [-0.4, -0.2) is 18.6 Å². The molecule has 0 amide bonds. The van der Waals surface area contributed by atoms with E-state index in [1.54, 1.807) is 0 Å². The van der Waals surface area contributed by atoms with Crippen molar-refractivity contribution in [1.82, 2.24) is 4.98 Å². The number of nitrogens with zero attached hydrogens (tertiary/aromatic N) is 2. The van der Waals surface area contributed by atoms with Gasteiger partial charge in [0.25, 0.3) is 0 Å². The number of aromatic nitrogens is 1. The van der Waals surface area contributed by atoms with Gasteiger partial charge in [-0.25, -0.2) is 4.98 Å². The molecule has 1 aromatic heterocycles. The first kappa shape index (κ1) is 13.6. The van der Waals surface area contributed by atoms with Crippen molar-refractivity contribution in [3.05, 3.63) is 59.8 Å². The maximum atomic E-state index is 5.82. The van der Waals surface area contributed by atoms with Crippen molar-refractivity contribution in [2.45, 2.75) is 19.4 Å². The Morgan fingerprint density at radius 3 is 2.47 bits per heavy atom. The van der Waals surface area contributed by atoms with E-state index in [1.807, 2.05) is 31.3 Å². The van der Waals surface area contributed by atoms with Crippen LogP contribution in [0.3, 0.4) is 0 Å². The molecule has 2 aromatic rings. The first-order valence-corrected chi connectivity index (χ1v) is 6.63. The molecule has 2 rings (SSSR count). The molecule has 0 saturated carbocycles. The molecule has 100 valence electrons. The smallest absolute Gasteiger partial charge is 0.128 e. The van der Waals surface area contributed by atoms with Crippen LogP contribution in [0.4, 0.5) is 5.82 Å². The van der Waals surface area contributed by atoms with E-state index in [0.717, 1.165) is 24.3 Å². The molecular formula is C16H21N3. The van der Waals surface area contributed by atoms with E-state index in [4.69, 9.17) is 5.73 Å². The fourth-order valence-electron chi connectivity index (χ4n) is 1.95. The van der Waals surface area contributed by atoms with Crippen molar-refractivity contribution in [2.75, 3.05) is 18.5 Å². The van der Waals surface area contributed by atoms with Crippen molar-refractivity contribution >= 4 is 5.82 Å². The zero-order chi connectivity index (χ0) is 13.7. The van der Waals surface area contributed by atoms with Crippen LogP contribution in [0.2, 0.25) is 0 Å². The molecule has 0 fully saturated rings. The number of rotatable bonds is 5. The van der Waals surface area contributed by atoms with Crippen LogP contribution in [0.5, 0.6) is 0 Å². The molecule has 1 aromatic carbocycles. The topological polar surface area (TPSA) is 42.1 Å². The van der Waals surface area contributed by atoms with Crippen molar-refractivity contribution in [3.8, 4) is 0 Å². The highest BCUT2D eigenvalue weighted by Gasteiger charge is 2.04.